The van der Waals surface area contributed by atoms with Crippen molar-refractivity contribution in [2.45, 2.75) is 26.3 Å². The molecule has 0 aliphatic rings. The molecule has 7 heteroatoms. The van der Waals surface area contributed by atoms with E-state index in [1.807, 2.05) is 23.1 Å². The van der Waals surface area contributed by atoms with Gasteiger partial charge in [0, 0.05) is 12.2 Å². The fourth-order valence-electron chi connectivity index (χ4n) is 2.73. The number of H-pyrrole nitrogens is 1. The van der Waals surface area contributed by atoms with Crippen LogP contribution in [-0.2, 0) is 6.54 Å². The first-order valence-corrected chi connectivity index (χ1v) is 9.27. The zero-order valence-electron chi connectivity index (χ0n) is 15.0. The average Bonchev–Trinajstić information content (AvgIpc) is 2.67. The summed E-state index contributed by atoms with van der Waals surface area (Å²) in [4.78, 5) is 21.6. The maximum atomic E-state index is 13.1. The highest BCUT2D eigenvalue weighted by atomic mass is 32.1. The number of para-hydroxylation sites is 1. The van der Waals surface area contributed by atoms with Gasteiger partial charge in [0.2, 0.25) is 0 Å². The number of benzene rings is 2. The van der Waals surface area contributed by atoms with Gasteiger partial charge in [-0.15, -0.1) is 0 Å². The van der Waals surface area contributed by atoms with E-state index in [-0.39, 0.29) is 11.4 Å². The lowest BCUT2D eigenvalue weighted by Crippen LogP contribution is -2.36. The van der Waals surface area contributed by atoms with Crippen LogP contribution in [0, 0.1) is 5.82 Å². The quantitative estimate of drug-likeness (QED) is 0.628. The van der Waals surface area contributed by atoms with Gasteiger partial charge in [-0.3, -0.25) is 4.79 Å². The second kappa shape index (κ2) is 8.73. The van der Waals surface area contributed by atoms with Gasteiger partial charge < -0.3 is 15.2 Å². The molecule has 0 aliphatic carbocycles. The summed E-state index contributed by atoms with van der Waals surface area (Å²) in [6, 6.07) is 13.3. The number of halogens is 1. The normalized spacial score (nSPS) is 10.7. The molecule has 5 nitrogen and oxygen atoms in total. The van der Waals surface area contributed by atoms with Gasteiger partial charge in [-0.1, -0.05) is 25.5 Å². The molecule has 0 fully saturated rings. The Balaban J connectivity index is 1.81. The van der Waals surface area contributed by atoms with Gasteiger partial charge in [0.05, 0.1) is 17.4 Å². The molecule has 0 aliphatic heterocycles. The van der Waals surface area contributed by atoms with Crippen molar-refractivity contribution < 1.29 is 4.39 Å². The van der Waals surface area contributed by atoms with Crippen LogP contribution in [0.5, 0.6) is 0 Å². The van der Waals surface area contributed by atoms with E-state index >= 15 is 0 Å². The monoisotopic (exact) mass is 384 g/mol. The third-order valence-corrected chi connectivity index (χ3v) is 4.53. The number of fused-ring (bicyclic) bond motifs is 1. The van der Waals surface area contributed by atoms with Gasteiger partial charge in [-0.05, 0) is 55.0 Å². The Hall–Kier alpha value is -2.80. The van der Waals surface area contributed by atoms with Crippen LogP contribution < -0.4 is 10.9 Å². The first-order chi connectivity index (χ1) is 13.1. The van der Waals surface area contributed by atoms with E-state index in [1.165, 1.54) is 12.1 Å². The van der Waals surface area contributed by atoms with Gasteiger partial charge in [-0.2, -0.15) is 0 Å². The average molecular weight is 384 g/mol. The third-order valence-electron chi connectivity index (χ3n) is 4.17. The smallest absolute Gasteiger partial charge is 0.258 e. The fraction of sp³-hybridized carbons (Fsp3) is 0.250. The summed E-state index contributed by atoms with van der Waals surface area (Å²) in [5, 5.41) is 4.19. The maximum Gasteiger partial charge on any atom is 0.258 e. The van der Waals surface area contributed by atoms with Crippen LogP contribution in [0.4, 0.5) is 10.1 Å². The van der Waals surface area contributed by atoms with Crippen molar-refractivity contribution in [1.82, 2.24) is 14.9 Å². The molecular formula is C20H21FN4OS. The number of hydrogen-bond donors (Lipinski definition) is 2. The van der Waals surface area contributed by atoms with Crippen LogP contribution in [0.25, 0.3) is 10.9 Å². The molecule has 0 spiro atoms. The number of aromatic amines is 1. The van der Waals surface area contributed by atoms with E-state index in [0.29, 0.717) is 34.1 Å². The van der Waals surface area contributed by atoms with Crippen molar-refractivity contribution in [3.8, 4) is 0 Å². The predicted molar refractivity (Wildman–Crippen MR) is 110 cm³/mol. The SMILES string of the molecule is CCCCN(Cc1nc2ccccc2c(=O)[nH]1)C(=S)Nc1ccc(F)cc1. The number of aromatic nitrogens is 2. The molecule has 3 aromatic rings. The van der Waals surface area contributed by atoms with Crippen LogP contribution in [0.2, 0.25) is 0 Å². The Morgan fingerprint density at radius 1 is 1.22 bits per heavy atom. The molecule has 27 heavy (non-hydrogen) atoms. The lowest BCUT2D eigenvalue weighted by Gasteiger charge is -2.25. The van der Waals surface area contributed by atoms with Gasteiger partial charge in [0.1, 0.15) is 11.6 Å². The van der Waals surface area contributed by atoms with Gasteiger partial charge in [0.15, 0.2) is 5.11 Å². The van der Waals surface area contributed by atoms with Crippen molar-refractivity contribution in [1.29, 1.82) is 0 Å². The number of anilines is 1. The maximum absolute atomic E-state index is 13.1. The molecule has 0 saturated carbocycles. The lowest BCUT2D eigenvalue weighted by atomic mass is 10.2. The van der Waals surface area contributed by atoms with Crippen LogP contribution in [0.3, 0.4) is 0 Å². The highest BCUT2D eigenvalue weighted by molar-refractivity contribution is 7.80. The minimum atomic E-state index is -0.299. The molecule has 140 valence electrons. The summed E-state index contributed by atoms with van der Waals surface area (Å²) in [6.45, 7) is 3.21. The molecule has 0 amide bonds. The Bertz CT molecular complexity index is 987. The largest absolute Gasteiger partial charge is 0.342 e. The first-order valence-electron chi connectivity index (χ1n) is 8.86. The second-order valence-corrected chi connectivity index (χ2v) is 6.63. The van der Waals surface area contributed by atoms with E-state index in [0.717, 1.165) is 19.4 Å². The second-order valence-electron chi connectivity index (χ2n) is 6.24. The molecule has 3 rings (SSSR count). The highest BCUT2D eigenvalue weighted by Gasteiger charge is 2.13. The van der Waals surface area contributed by atoms with Crippen molar-refractivity contribution in [3.63, 3.8) is 0 Å². The Morgan fingerprint density at radius 3 is 2.70 bits per heavy atom. The molecule has 1 aromatic heterocycles. The number of thiocarbonyl (C=S) groups is 1. The van der Waals surface area contributed by atoms with Crippen LogP contribution in [0.15, 0.2) is 53.3 Å². The number of nitrogens with zero attached hydrogens (tertiary/aromatic N) is 2. The molecule has 0 radical (unpaired) electrons. The topological polar surface area (TPSA) is 61.0 Å². The van der Waals surface area contributed by atoms with E-state index < -0.39 is 0 Å². The van der Waals surface area contributed by atoms with Gasteiger partial charge >= 0.3 is 0 Å². The predicted octanol–water partition coefficient (Wildman–Crippen LogP) is 4.06. The fourth-order valence-corrected chi connectivity index (χ4v) is 3.00. The van der Waals surface area contributed by atoms with Gasteiger partial charge in [-0.25, -0.2) is 9.37 Å². The highest BCUT2D eigenvalue weighted by Crippen LogP contribution is 2.12. The molecule has 0 unspecified atom stereocenters. The van der Waals surface area contributed by atoms with Crippen molar-refractivity contribution >= 4 is 33.9 Å². The molecule has 2 N–H and O–H groups in total. The summed E-state index contributed by atoms with van der Waals surface area (Å²) in [5.41, 5.74) is 1.20. The molecule has 0 bridgehead atoms. The first kappa shape index (κ1) is 19.0. The minimum Gasteiger partial charge on any atom is -0.342 e. The molecule has 2 aromatic carbocycles. The number of unbranched alkanes of at least 4 members (excludes halogenated alkanes) is 1. The number of rotatable bonds is 6. The number of hydrogen-bond acceptors (Lipinski definition) is 3. The summed E-state index contributed by atoms with van der Waals surface area (Å²) in [6.07, 6.45) is 1.96. The van der Waals surface area contributed by atoms with E-state index in [1.54, 1.807) is 18.2 Å². The molecular weight excluding hydrogens is 363 g/mol. The Morgan fingerprint density at radius 2 is 1.96 bits per heavy atom. The third kappa shape index (κ3) is 4.89. The summed E-state index contributed by atoms with van der Waals surface area (Å²) >= 11 is 5.53. The number of nitrogens with one attached hydrogen (secondary N) is 2. The minimum absolute atomic E-state index is 0.163. The Labute approximate surface area is 162 Å². The van der Waals surface area contributed by atoms with Gasteiger partial charge in [0.25, 0.3) is 5.56 Å². The lowest BCUT2D eigenvalue weighted by molar-refractivity contribution is 0.397. The van der Waals surface area contributed by atoms with Crippen molar-refractivity contribution in [2.24, 2.45) is 0 Å². The molecule has 0 saturated heterocycles. The zero-order chi connectivity index (χ0) is 19.2. The standard InChI is InChI=1S/C20H21FN4OS/c1-2-3-12-25(20(27)22-15-10-8-14(21)9-11-15)13-18-23-17-7-5-4-6-16(17)19(26)24-18/h4-11H,2-3,12-13H2,1H3,(H,22,27)(H,23,24,26). The van der Waals surface area contributed by atoms with Crippen molar-refractivity contribution in [2.75, 3.05) is 11.9 Å². The van der Waals surface area contributed by atoms with Crippen molar-refractivity contribution in [3.05, 3.63) is 70.5 Å². The van der Waals surface area contributed by atoms with Crippen LogP contribution >= 0.6 is 12.2 Å². The summed E-state index contributed by atoms with van der Waals surface area (Å²) in [7, 11) is 0. The zero-order valence-corrected chi connectivity index (χ0v) is 15.9. The Kier molecular flexibility index (Phi) is 6.13. The molecule has 1 heterocycles. The van der Waals surface area contributed by atoms with E-state index in [4.69, 9.17) is 12.2 Å². The summed E-state index contributed by atoms with van der Waals surface area (Å²) < 4.78 is 13.1. The van der Waals surface area contributed by atoms with E-state index in [2.05, 4.69) is 22.2 Å². The molecule has 0 atom stereocenters. The van der Waals surface area contributed by atoms with Crippen LogP contribution in [-0.4, -0.2) is 26.5 Å². The van der Waals surface area contributed by atoms with Crippen LogP contribution in [0.1, 0.15) is 25.6 Å². The summed E-state index contributed by atoms with van der Waals surface area (Å²) in [5.74, 6) is 0.255. The van der Waals surface area contributed by atoms with E-state index in [9.17, 15) is 9.18 Å².